The van der Waals surface area contributed by atoms with Gasteiger partial charge in [-0.3, -0.25) is 4.90 Å². The van der Waals surface area contributed by atoms with Gasteiger partial charge in [0, 0.05) is 42.4 Å². The highest BCUT2D eigenvalue weighted by molar-refractivity contribution is 7.18. The molecule has 5 rings (SSSR count). The van der Waals surface area contributed by atoms with Crippen LogP contribution >= 0.6 is 22.9 Å². The summed E-state index contributed by atoms with van der Waals surface area (Å²) in [6.07, 6.45) is 3.55. The highest BCUT2D eigenvalue weighted by atomic mass is 35.5. The second-order valence-electron chi connectivity index (χ2n) is 8.74. The van der Waals surface area contributed by atoms with E-state index < -0.39 is 11.6 Å². The fourth-order valence-electron chi connectivity index (χ4n) is 4.27. The number of aliphatic imine (C=N–C) groups is 1. The lowest BCUT2D eigenvalue weighted by molar-refractivity contribution is 0.0532. The van der Waals surface area contributed by atoms with Crippen LogP contribution in [0.2, 0.25) is 5.02 Å². The Hall–Kier alpha value is -3.14. The van der Waals surface area contributed by atoms with Crippen LogP contribution in [-0.4, -0.2) is 47.8 Å². The quantitative estimate of drug-likeness (QED) is 0.314. The molecule has 0 bridgehead atoms. The molecule has 1 aromatic carbocycles. The number of halogens is 3. The maximum Gasteiger partial charge on any atom is 0.348 e. The number of pyridine rings is 1. The average Bonchev–Trinajstić information content (AvgIpc) is 3.44. The first kappa shape index (κ1) is 25.5. The molecule has 0 unspecified atom stereocenters. The summed E-state index contributed by atoms with van der Waals surface area (Å²) in [5.74, 6) is -1.58. The van der Waals surface area contributed by atoms with Crippen LogP contribution in [0.1, 0.15) is 39.8 Å². The highest BCUT2D eigenvalue weighted by Crippen LogP contribution is 2.36. The zero-order chi connectivity index (χ0) is 25.9. The number of benzene rings is 1. The predicted molar refractivity (Wildman–Crippen MR) is 140 cm³/mol. The van der Waals surface area contributed by atoms with E-state index >= 15 is 0 Å². The summed E-state index contributed by atoms with van der Waals surface area (Å²) in [7, 11) is 0. The van der Waals surface area contributed by atoms with Crippen LogP contribution in [0.4, 0.5) is 13.8 Å². The van der Waals surface area contributed by atoms with E-state index in [1.165, 1.54) is 29.5 Å². The lowest BCUT2D eigenvalue weighted by Gasteiger charge is -2.26. The summed E-state index contributed by atoms with van der Waals surface area (Å²) in [5, 5.41) is 1.16. The molecule has 10 heteroatoms. The van der Waals surface area contributed by atoms with Crippen LogP contribution in [0.5, 0.6) is 5.88 Å². The van der Waals surface area contributed by atoms with Crippen molar-refractivity contribution in [2.24, 2.45) is 4.99 Å². The minimum atomic E-state index is -0.603. The summed E-state index contributed by atoms with van der Waals surface area (Å²) in [6, 6.07) is 9.08. The van der Waals surface area contributed by atoms with Crippen molar-refractivity contribution in [3.63, 3.8) is 0 Å². The van der Waals surface area contributed by atoms with Gasteiger partial charge >= 0.3 is 5.97 Å². The van der Waals surface area contributed by atoms with Crippen molar-refractivity contribution >= 4 is 45.2 Å². The van der Waals surface area contributed by atoms with Crippen molar-refractivity contribution in [2.45, 2.75) is 26.4 Å². The van der Waals surface area contributed by atoms with Gasteiger partial charge in [0.1, 0.15) is 22.3 Å². The van der Waals surface area contributed by atoms with E-state index in [0.29, 0.717) is 23.7 Å². The summed E-state index contributed by atoms with van der Waals surface area (Å²) < 4.78 is 38.9. The van der Waals surface area contributed by atoms with Crippen LogP contribution in [-0.2, 0) is 17.8 Å². The molecule has 6 nitrogen and oxygen atoms in total. The molecular weight excluding hydrogens is 520 g/mol. The van der Waals surface area contributed by atoms with Crippen LogP contribution < -0.4 is 4.74 Å². The first-order chi connectivity index (χ1) is 17.9. The molecule has 2 aromatic heterocycles. The molecule has 0 saturated heterocycles. The minimum absolute atomic E-state index is 0.155. The number of thiophene rings is 1. The molecule has 0 amide bonds. The maximum atomic E-state index is 14.3. The molecule has 37 heavy (non-hydrogen) atoms. The topological polar surface area (TPSA) is 64.0 Å². The summed E-state index contributed by atoms with van der Waals surface area (Å²) >= 11 is 7.15. The summed E-state index contributed by atoms with van der Waals surface area (Å²) in [4.78, 5) is 23.9. The molecular formula is C27H24ClF2N3O3S. The fraction of sp³-hybridized carbons (Fsp3) is 0.296. The average molecular weight is 544 g/mol. The number of carbonyl (C=O) groups is 1. The Kier molecular flexibility index (Phi) is 7.64. The number of nitrogens with zero attached hydrogens (tertiary/aromatic N) is 3. The standard InChI is InChI=1S/C27H24ClF2N3O3S/c1-2-35-27(34)24-12-18-11-20(31-26(18)37-24)14-33-9-7-16(8-10-33)23-6-5-21(29)25(32-23)36-15-17-3-4-19(28)13-22(17)30/h3-7,12-13H,2,8-11,14-15H2,1H3. The Balaban J connectivity index is 1.19. The van der Waals surface area contributed by atoms with Gasteiger partial charge in [0.2, 0.25) is 0 Å². The molecule has 0 fully saturated rings. The van der Waals surface area contributed by atoms with E-state index in [-0.39, 0.29) is 29.0 Å². The van der Waals surface area contributed by atoms with Crippen LogP contribution in [0.25, 0.3) is 5.57 Å². The zero-order valence-corrected chi connectivity index (χ0v) is 21.7. The van der Waals surface area contributed by atoms with Gasteiger partial charge in [-0.25, -0.2) is 23.6 Å². The number of ether oxygens (including phenoxy) is 2. The zero-order valence-electron chi connectivity index (χ0n) is 20.1. The van der Waals surface area contributed by atoms with Crippen molar-refractivity contribution in [1.29, 1.82) is 0 Å². The van der Waals surface area contributed by atoms with Crippen LogP contribution in [0.3, 0.4) is 0 Å². The number of hydrogen-bond donors (Lipinski definition) is 0. The SMILES string of the molecule is CCOC(=O)c1cc2c(s1)N=C(CN1CC=C(c3ccc(F)c(OCc4ccc(Cl)cc4F)n3)CC1)C2. The van der Waals surface area contributed by atoms with Crippen molar-refractivity contribution in [1.82, 2.24) is 9.88 Å². The second kappa shape index (κ2) is 11.1. The summed E-state index contributed by atoms with van der Waals surface area (Å²) in [6.45, 7) is 4.23. The second-order valence-corrected chi connectivity index (χ2v) is 10.2. The van der Waals surface area contributed by atoms with Crippen LogP contribution in [0, 0.1) is 11.6 Å². The first-order valence-electron chi connectivity index (χ1n) is 11.9. The van der Waals surface area contributed by atoms with Gasteiger partial charge in [-0.05, 0) is 54.8 Å². The minimum Gasteiger partial charge on any atom is -0.471 e. The van der Waals surface area contributed by atoms with Gasteiger partial charge in [0.25, 0.3) is 5.88 Å². The molecule has 2 aliphatic heterocycles. The molecule has 0 spiro atoms. The van der Waals surface area contributed by atoms with Gasteiger partial charge in [0.05, 0.1) is 12.3 Å². The van der Waals surface area contributed by atoms with E-state index in [4.69, 9.17) is 26.1 Å². The molecule has 0 radical (unpaired) electrons. The normalized spacial score (nSPS) is 15.2. The fourth-order valence-corrected chi connectivity index (χ4v) is 5.42. The number of carbonyl (C=O) groups excluding carboxylic acids is 1. The van der Waals surface area contributed by atoms with Crippen molar-refractivity contribution < 1.29 is 23.0 Å². The lowest BCUT2D eigenvalue weighted by Crippen LogP contribution is -2.33. The van der Waals surface area contributed by atoms with E-state index in [2.05, 4.69) is 16.0 Å². The third-order valence-corrected chi connectivity index (χ3v) is 7.43. The molecule has 2 aliphatic rings. The number of fused-ring (bicyclic) bond motifs is 1. The Morgan fingerprint density at radius 1 is 1.19 bits per heavy atom. The van der Waals surface area contributed by atoms with E-state index in [1.54, 1.807) is 19.1 Å². The van der Waals surface area contributed by atoms with Crippen molar-refractivity contribution in [3.8, 4) is 5.88 Å². The largest absolute Gasteiger partial charge is 0.471 e. The third-order valence-electron chi connectivity index (χ3n) is 6.14. The number of aromatic nitrogens is 1. The molecule has 192 valence electrons. The lowest BCUT2D eigenvalue weighted by atomic mass is 10.0. The highest BCUT2D eigenvalue weighted by Gasteiger charge is 2.24. The molecule has 0 saturated carbocycles. The Bertz CT molecular complexity index is 1410. The van der Waals surface area contributed by atoms with Crippen molar-refractivity contribution in [3.05, 3.63) is 80.8 Å². The summed E-state index contributed by atoms with van der Waals surface area (Å²) in [5.41, 5.74) is 4.05. The number of hydrogen-bond acceptors (Lipinski definition) is 7. The molecule has 3 aromatic rings. The number of esters is 1. The van der Waals surface area contributed by atoms with Gasteiger partial charge in [-0.2, -0.15) is 0 Å². The maximum absolute atomic E-state index is 14.3. The molecule has 0 N–H and O–H groups in total. The Morgan fingerprint density at radius 3 is 2.78 bits per heavy atom. The van der Waals surface area contributed by atoms with Gasteiger partial charge in [-0.15, -0.1) is 11.3 Å². The van der Waals surface area contributed by atoms with Gasteiger partial charge in [0.15, 0.2) is 5.82 Å². The third kappa shape index (κ3) is 5.89. The van der Waals surface area contributed by atoms with Gasteiger partial charge < -0.3 is 9.47 Å². The van der Waals surface area contributed by atoms with Crippen molar-refractivity contribution in [2.75, 3.05) is 26.2 Å². The monoisotopic (exact) mass is 543 g/mol. The number of rotatable bonds is 8. The van der Waals surface area contributed by atoms with E-state index in [0.717, 1.165) is 47.8 Å². The molecule has 4 heterocycles. The van der Waals surface area contributed by atoms with E-state index in [9.17, 15) is 13.6 Å². The molecule has 0 atom stereocenters. The first-order valence-corrected chi connectivity index (χ1v) is 13.1. The molecule has 0 aliphatic carbocycles. The Morgan fingerprint density at radius 2 is 2.05 bits per heavy atom. The smallest absolute Gasteiger partial charge is 0.348 e. The predicted octanol–water partition coefficient (Wildman–Crippen LogP) is 6.25. The van der Waals surface area contributed by atoms with Gasteiger partial charge in [-0.1, -0.05) is 23.7 Å². The van der Waals surface area contributed by atoms with E-state index in [1.807, 2.05) is 6.07 Å². The Labute approximate surface area is 222 Å². The van der Waals surface area contributed by atoms with Crippen LogP contribution in [0.15, 0.2) is 47.5 Å².